The molecular weight excluding hydrogens is 284 g/mol. The predicted molar refractivity (Wildman–Crippen MR) is 55.7 cm³/mol. The van der Waals surface area contributed by atoms with E-state index in [1.807, 2.05) is 5.32 Å². The van der Waals surface area contributed by atoms with Crippen molar-refractivity contribution in [1.29, 1.82) is 0 Å². The molecule has 0 aromatic carbocycles. The van der Waals surface area contributed by atoms with Gasteiger partial charge in [-0.05, 0) is 6.07 Å². The van der Waals surface area contributed by atoms with Gasteiger partial charge in [0.2, 0.25) is 0 Å². The quantitative estimate of drug-likeness (QED) is 0.858. The average molecular weight is 290 g/mol. The Bertz CT molecular complexity index is 486. The molecule has 9 heteroatoms. The number of rotatable bonds is 4. The molecule has 0 unspecified atom stereocenters. The number of halogens is 3. The molecule has 0 fully saturated rings. The summed E-state index contributed by atoms with van der Waals surface area (Å²) in [5, 5.41) is 3.18. The summed E-state index contributed by atoms with van der Waals surface area (Å²) in [7, 11) is 1.15. The first-order chi connectivity index (χ1) is 7.30. The molecular formula is C7H6ClF2NO3S2. The van der Waals surface area contributed by atoms with Gasteiger partial charge in [0.1, 0.15) is 4.21 Å². The Morgan fingerprint density at radius 2 is 2.19 bits per heavy atom. The first-order valence-corrected chi connectivity index (χ1v) is 7.09. The van der Waals surface area contributed by atoms with Crippen molar-refractivity contribution >= 4 is 37.0 Å². The lowest BCUT2D eigenvalue weighted by Crippen LogP contribution is -2.28. The maximum absolute atomic E-state index is 11.8. The summed E-state index contributed by atoms with van der Waals surface area (Å²) in [5.41, 5.74) is -0.00937. The minimum atomic E-state index is -3.88. The van der Waals surface area contributed by atoms with Crippen molar-refractivity contribution in [2.75, 3.05) is 6.54 Å². The van der Waals surface area contributed by atoms with E-state index in [2.05, 4.69) is 0 Å². The van der Waals surface area contributed by atoms with Gasteiger partial charge in [-0.25, -0.2) is 17.2 Å². The van der Waals surface area contributed by atoms with Crippen molar-refractivity contribution in [3.8, 4) is 0 Å². The maximum Gasteiger partial charge on any atom is 0.270 e. The summed E-state index contributed by atoms with van der Waals surface area (Å²) in [5.74, 6) is -0.761. The smallest absolute Gasteiger partial charge is 0.270 e. The average Bonchev–Trinajstić information content (AvgIpc) is 2.61. The Hall–Kier alpha value is -0.730. The highest BCUT2D eigenvalue weighted by atomic mass is 35.7. The Morgan fingerprint density at radius 3 is 2.62 bits per heavy atom. The number of hydrogen-bond donors (Lipinski definition) is 1. The van der Waals surface area contributed by atoms with E-state index in [0.29, 0.717) is 0 Å². The molecule has 1 heterocycles. The second-order valence-electron chi connectivity index (χ2n) is 2.69. The Kier molecular flexibility index (Phi) is 4.22. The number of amides is 1. The van der Waals surface area contributed by atoms with Crippen molar-refractivity contribution in [3.63, 3.8) is 0 Å². The number of nitrogens with one attached hydrogen (secondary N) is 1. The van der Waals surface area contributed by atoms with Crippen molar-refractivity contribution in [2.45, 2.75) is 10.6 Å². The topological polar surface area (TPSA) is 63.2 Å². The van der Waals surface area contributed by atoms with Crippen molar-refractivity contribution in [1.82, 2.24) is 5.32 Å². The van der Waals surface area contributed by atoms with E-state index in [4.69, 9.17) is 10.7 Å². The third kappa shape index (κ3) is 3.69. The fourth-order valence-corrected chi connectivity index (χ4v) is 2.78. The van der Waals surface area contributed by atoms with Gasteiger partial charge in [-0.3, -0.25) is 4.79 Å². The second kappa shape index (κ2) is 5.07. The van der Waals surface area contributed by atoms with Crippen LogP contribution < -0.4 is 5.32 Å². The summed E-state index contributed by atoms with van der Waals surface area (Å²) < 4.78 is 45.1. The molecule has 90 valence electrons. The minimum Gasteiger partial charge on any atom is -0.346 e. The molecule has 1 rings (SSSR count). The third-order valence-corrected chi connectivity index (χ3v) is 4.54. The third-order valence-electron chi connectivity index (χ3n) is 1.49. The molecule has 0 radical (unpaired) electrons. The number of thiophene rings is 1. The van der Waals surface area contributed by atoms with Gasteiger partial charge >= 0.3 is 0 Å². The van der Waals surface area contributed by atoms with E-state index >= 15 is 0 Å². The van der Waals surface area contributed by atoms with E-state index in [1.165, 1.54) is 5.38 Å². The van der Waals surface area contributed by atoms with Crippen LogP contribution in [-0.2, 0) is 9.05 Å². The zero-order valence-electron chi connectivity index (χ0n) is 7.61. The van der Waals surface area contributed by atoms with Gasteiger partial charge in [0, 0.05) is 16.1 Å². The van der Waals surface area contributed by atoms with E-state index in [9.17, 15) is 22.0 Å². The van der Waals surface area contributed by atoms with Gasteiger partial charge < -0.3 is 5.32 Å². The fourth-order valence-electron chi connectivity index (χ4n) is 0.835. The zero-order chi connectivity index (χ0) is 12.3. The molecule has 0 aliphatic rings. The monoisotopic (exact) mass is 289 g/mol. The van der Waals surface area contributed by atoms with Crippen LogP contribution >= 0.6 is 22.0 Å². The highest BCUT2D eigenvalue weighted by Crippen LogP contribution is 2.23. The molecule has 0 saturated carbocycles. The first kappa shape index (κ1) is 13.3. The second-order valence-corrected chi connectivity index (χ2v) is 6.40. The lowest BCUT2D eigenvalue weighted by Gasteiger charge is -2.01. The summed E-state index contributed by atoms with van der Waals surface area (Å²) in [6.45, 7) is -0.780. The van der Waals surface area contributed by atoms with E-state index in [0.717, 1.165) is 17.4 Å². The highest BCUT2D eigenvalue weighted by Gasteiger charge is 2.17. The van der Waals surface area contributed by atoms with Crippen LogP contribution in [0.2, 0.25) is 0 Å². The van der Waals surface area contributed by atoms with Gasteiger partial charge in [-0.1, -0.05) is 0 Å². The predicted octanol–water partition coefficient (Wildman–Crippen LogP) is 1.67. The van der Waals surface area contributed by atoms with E-state index < -0.39 is 27.9 Å². The molecule has 0 bridgehead atoms. The van der Waals surface area contributed by atoms with Crippen molar-refractivity contribution in [2.24, 2.45) is 0 Å². The molecule has 1 amide bonds. The van der Waals surface area contributed by atoms with Gasteiger partial charge in [-0.2, -0.15) is 0 Å². The summed E-state index contributed by atoms with van der Waals surface area (Å²) >= 11 is 0.751. The summed E-state index contributed by atoms with van der Waals surface area (Å²) in [6, 6.07) is 1.04. The van der Waals surface area contributed by atoms with E-state index in [1.54, 1.807) is 0 Å². The van der Waals surface area contributed by atoms with Crippen LogP contribution in [0.1, 0.15) is 10.4 Å². The Morgan fingerprint density at radius 1 is 1.56 bits per heavy atom. The van der Waals surface area contributed by atoms with Gasteiger partial charge in [0.25, 0.3) is 21.4 Å². The van der Waals surface area contributed by atoms with Gasteiger partial charge in [-0.15, -0.1) is 11.3 Å². The van der Waals surface area contributed by atoms with Crippen LogP contribution in [0.3, 0.4) is 0 Å². The molecule has 0 aliphatic carbocycles. The highest BCUT2D eigenvalue weighted by molar-refractivity contribution is 8.15. The van der Waals surface area contributed by atoms with Crippen LogP contribution in [0, 0.1) is 0 Å². The standard InChI is InChI=1S/C7H6ClF2NO3S2/c8-16(13,14)6-1-4(3-15-6)7(12)11-2-5(9)10/h1,3,5H,2H2,(H,11,12). The minimum absolute atomic E-state index is 0.00937. The van der Waals surface area contributed by atoms with Crippen LogP contribution in [-0.4, -0.2) is 27.3 Å². The SMILES string of the molecule is O=C(NCC(F)F)c1csc(S(=O)(=O)Cl)c1. The fraction of sp³-hybridized carbons (Fsp3) is 0.286. The largest absolute Gasteiger partial charge is 0.346 e. The zero-order valence-corrected chi connectivity index (χ0v) is 10.0. The molecule has 1 N–H and O–H groups in total. The van der Waals surface area contributed by atoms with Crippen LogP contribution in [0.25, 0.3) is 0 Å². The van der Waals surface area contributed by atoms with Crippen molar-refractivity contribution in [3.05, 3.63) is 17.0 Å². The van der Waals surface area contributed by atoms with Crippen molar-refractivity contribution < 1.29 is 22.0 Å². The van der Waals surface area contributed by atoms with Crippen LogP contribution in [0.15, 0.2) is 15.7 Å². The number of hydrogen-bond acceptors (Lipinski definition) is 4. The molecule has 1 aromatic heterocycles. The molecule has 0 spiro atoms. The summed E-state index contributed by atoms with van der Waals surface area (Å²) in [4.78, 5) is 11.2. The number of carbonyl (C=O) groups is 1. The molecule has 4 nitrogen and oxygen atoms in total. The van der Waals surface area contributed by atoms with Crippen LogP contribution in [0.4, 0.5) is 8.78 Å². The van der Waals surface area contributed by atoms with Crippen LogP contribution in [0.5, 0.6) is 0 Å². The molecule has 0 aliphatic heterocycles. The van der Waals surface area contributed by atoms with Gasteiger partial charge in [0.15, 0.2) is 0 Å². The maximum atomic E-state index is 11.8. The molecule has 0 saturated heterocycles. The molecule has 1 aromatic rings. The summed E-state index contributed by atoms with van der Waals surface area (Å²) in [6.07, 6.45) is -2.65. The normalized spacial score (nSPS) is 11.8. The Labute approximate surface area is 98.6 Å². The van der Waals surface area contributed by atoms with Gasteiger partial charge in [0.05, 0.1) is 12.1 Å². The van der Waals surface area contributed by atoms with E-state index in [-0.39, 0.29) is 9.77 Å². The lowest BCUT2D eigenvalue weighted by atomic mass is 10.3. The Balaban J connectivity index is 2.75. The number of alkyl halides is 2. The molecule has 16 heavy (non-hydrogen) atoms. The number of carbonyl (C=O) groups excluding carboxylic acids is 1. The first-order valence-electron chi connectivity index (χ1n) is 3.90. The lowest BCUT2D eigenvalue weighted by molar-refractivity contribution is 0.0892. The molecule has 0 atom stereocenters.